The Morgan fingerprint density at radius 2 is 1.11 bits per heavy atom. The lowest BCUT2D eigenvalue weighted by Gasteiger charge is -2.40. The van der Waals surface area contributed by atoms with Crippen molar-refractivity contribution >= 4 is 45.0 Å². The molecule has 4 atom stereocenters. The first-order valence-corrected chi connectivity index (χ1v) is 17.6. The summed E-state index contributed by atoms with van der Waals surface area (Å²) in [5, 5.41) is 8.29. The van der Waals surface area contributed by atoms with Crippen molar-refractivity contribution in [2.24, 2.45) is 21.7 Å². The van der Waals surface area contributed by atoms with Crippen molar-refractivity contribution in [2.45, 2.75) is 105 Å². The molecule has 4 fully saturated rings. The Morgan fingerprint density at radius 1 is 0.674 bits per heavy atom. The van der Waals surface area contributed by atoms with Gasteiger partial charge in [-0.3, -0.25) is 19.4 Å². The molecule has 246 valence electrons. The number of pyridine rings is 1. The molecule has 0 unspecified atom stereocenters. The summed E-state index contributed by atoms with van der Waals surface area (Å²) in [6.45, 7) is 18.2. The maximum Gasteiger partial charge on any atom is 0.225 e. The van der Waals surface area contributed by atoms with E-state index in [0.717, 1.165) is 59.4 Å². The minimum absolute atomic E-state index is 0.0474. The Kier molecular flexibility index (Phi) is 7.75. The van der Waals surface area contributed by atoms with Gasteiger partial charge >= 0.3 is 0 Å². The molecular formula is C39H53N5O2. The second-order valence-electron chi connectivity index (χ2n) is 17.8. The second kappa shape index (κ2) is 11.3. The zero-order valence-electron chi connectivity index (χ0n) is 28.8. The highest BCUT2D eigenvalue weighted by molar-refractivity contribution is 5.99. The molecule has 7 heteroatoms. The third-order valence-electron chi connectivity index (χ3n) is 11.5. The maximum absolute atomic E-state index is 13.0. The molecule has 2 aromatic carbocycles. The summed E-state index contributed by atoms with van der Waals surface area (Å²) in [6.07, 6.45) is 8.47. The van der Waals surface area contributed by atoms with E-state index in [4.69, 9.17) is 4.98 Å². The van der Waals surface area contributed by atoms with Crippen LogP contribution in [0.25, 0.3) is 21.8 Å². The van der Waals surface area contributed by atoms with Crippen LogP contribution < -0.4 is 10.6 Å². The fourth-order valence-electron chi connectivity index (χ4n) is 10.6. The molecule has 7 nitrogen and oxygen atoms in total. The predicted octanol–water partition coefficient (Wildman–Crippen LogP) is 7.85. The van der Waals surface area contributed by atoms with Crippen LogP contribution in [0.2, 0.25) is 0 Å². The number of likely N-dealkylation sites (tertiary alicyclic amines) is 2. The zero-order valence-corrected chi connectivity index (χ0v) is 28.8. The summed E-state index contributed by atoms with van der Waals surface area (Å²) >= 11 is 0. The van der Waals surface area contributed by atoms with Crippen LogP contribution in [0.1, 0.15) is 92.9 Å². The first-order chi connectivity index (χ1) is 21.6. The topological polar surface area (TPSA) is 77.6 Å². The van der Waals surface area contributed by atoms with Crippen molar-refractivity contribution in [3.63, 3.8) is 0 Å². The van der Waals surface area contributed by atoms with E-state index < -0.39 is 0 Å². The molecule has 46 heavy (non-hydrogen) atoms. The number of carbonyl (C=O) groups excluding carboxylic acids is 2. The Morgan fingerprint density at radius 3 is 1.54 bits per heavy atom. The van der Waals surface area contributed by atoms with E-state index in [1.54, 1.807) is 0 Å². The molecule has 3 aromatic rings. The quantitative estimate of drug-likeness (QED) is 0.250. The van der Waals surface area contributed by atoms with Gasteiger partial charge in [0.25, 0.3) is 0 Å². The predicted molar refractivity (Wildman–Crippen MR) is 188 cm³/mol. The van der Waals surface area contributed by atoms with Crippen molar-refractivity contribution in [1.82, 2.24) is 14.8 Å². The van der Waals surface area contributed by atoms with Crippen molar-refractivity contribution in [2.75, 3.05) is 36.8 Å². The number of rotatable bonds is 8. The SMILES string of the molecule is CC1(C)C[C@H]2C[C@](C)(CN2CCC(=O)Nc2ccc3cc4ccc(NC(=O)CCN5C[C@@]6(C)C[C@@H]5CC(C)(C)C6)cc4nc3c2)C1. The van der Waals surface area contributed by atoms with Gasteiger partial charge in [-0.15, -0.1) is 0 Å². The van der Waals surface area contributed by atoms with Crippen molar-refractivity contribution < 1.29 is 9.59 Å². The lowest BCUT2D eigenvalue weighted by molar-refractivity contribution is -0.117. The molecule has 2 aliphatic heterocycles. The van der Waals surface area contributed by atoms with Crippen LogP contribution in [0, 0.1) is 21.7 Å². The molecular weight excluding hydrogens is 570 g/mol. The van der Waals surface area contributed by atoms with E-state index in [2.05, 4.69) is 68.0 Å². The van der Waals surface area contributed by atoms with Gasteiger partial charge in [-0.25, -0.2) is 4.98 Å². The first kappa shape index (κ1) is 31.6. The van der Waals surface area contributed by atoms with Crippen LogP contribution in [0.3, 0.4) is 0 Å². The highest BCUT2D eigenvalue weighted by Gasteiger charge is 2.50. The lowest BCUT2D eigenvalue weighted by Crippen LogP contribution is -2.35. The fourth-order valence-corrected chi connectivity index (χ4v) is 10.6. The van der Waals surface area contributed by atoms with Gasteiger partial charge < -0.3 is 10.6 Å². The molecule has 0 spiro atoms. The van der Waals surface area contributed by atoms with E-state index in [1.807, 2.05) is 36.4 Å². The number of nitrogens with one attached hydrogen (secondary N) is 2. The first-order valence-electron chi connectivity index (χ1n) is 17.6. The summed E-state index contributed by atoms with van der Waals surface area (Å²) in [4.78, 5) is 36.0. The third kappa shape index (κ3) is 6.68. The number of carbonyl (C=O) groups is 2. The summed E-state index contributed by atoms with van der Waals surface area (Å²) in [5.74, 6) is 0.0948. The van der Waals surface area contributed by atoms with Gasteiger partial charge in [0.05, 0.1) is 11.0 Å². The van der Waals surface area contributed by atoms with Gasteiger partial charge in [-0.2, -0.15) is 0 Å². The van der Waals surface area contributed by atoms with Gasteiger partial charge in [0, 0.05) is 73.3 Å². The molecule has 2 saturated carbocycles. The maximum atomic E-state index is 13.0. The van der Waals surface area contributed by atoms with E-state index in [1.165, 1.54) is 38.5 Å². The highest BCUT2D eigenvalue weighted by Crippen LogP contribution is 2.53. The second-order valence-corrected chi connectivity index (χ2v) is 17.8. The summed E-state index contributed by atoms with van der Waals surface area (Å²) in [6, 6.07) is 15.2. The van der Waals surface area contributed by atoms with Gasteiger partial charge in [-0.05, 0) is 90.5 Å². The van der Waals surface area contributed by atoms with Crippen LogP contribution in [0.15, 0.2) is 42.5 Å². The number of benzene rings is 2. The monoisotopic (exact) mass is 623 g/mol. The van der Waals surface area contributed by atoms with E-state index in [0.29, 0.717) is 46.6 Å². The third-order valence-corrected chi connectivity index (χ3v) is 11.5. The Hall–Kier alpha value is -3.03. The number of aromatic nitrogens is 1. The van der Waals surface area contributed by atoms with Crippen LogP contribution in [0.4, 0.5) is 11.4 Å². The summed E-state index contributed by atoms with van der Waals surface area (Å²) in [5.41, 5.74) is 4.71. The molecule has 4 aliphatic rings. The van der Waals surface area contributed by atoms with E-state index >= 15 is 0 Å². The average Bonchev–Trinajstić information content (AvgIpc) is 3.34. The van der Waals surface area contributed by atoms with Crippen LogP contribution in [-0.4, -0.2) is 64.9 Å². The van der Waals surface area contributed by atoms with Gasteiger partial charge in [0.1, 0.15) is 0 Å². The summed E-state index contributed by atoms with van der Waals surface area (Å²) < 4.78 is 0. The normalized spacial score (nSPS) is 30.1. The van der Waals surface area contributed by atoms with Crippen LogP contribution >= 0.6 is 0 Å². The van der Waals surface area contributed by atoms with Crippen molar-refractivity contribution in [3.8, 4) is 0 Å². The van der Waals surface area contributed by atoms with Gasteiger partial charge in [0.2, 0.25) is 11.8 Å². The lowest BCUT2D eigenvalue weighted by atomic mass is 9.65. The Labute approximate surface area is 274 Å². The van der Waals surface area contributed by atoms with Crippen molar-refractivity contribution in [1.29, 1.82) is 0 Å². The number of amides is 2. The molecule has 2 amide bonds. The highest BCUT2D eigenvalue weighted by atomic mass is 16.2. The number of nitrogens with zero attached hydrogens (tertiary/aromatic N) is 3. The molecule has 3 heterocycles. The standard InChI is InChI=1S/C39H53N5O2/c1-36(2)18-30-20-38(5,22-36)24-43(30)13-11-34(45)40-28-9-7-26-15-27-8-10-29(17-33(27)42-32(26)16-28)41-35(46)12-14-44-25-39(6)21-31(44)19-37(3,4)23-39/h7-10,15-17,30-31H,11-14,18-25H2,1-6H3,(H,40,45)(H,41,46)/t30-,31-,38-,39-/m0/s1. The number of hydrogen-bond acceptors (Lipinski definition) is 5. The van der Waals surface area contributed by atoms with Crippen molar-refractivity contribution in [3.05, 3.63) is 42.5 Å². The minimum atomic E-state index is 0.0474. The molecule has 7 rings (SSSR count). The zero-order chi connectivity index (χ0) is 32.5. The van der Waals surface area contributed by atoms with E-state index in [9.17, 15) is 9.59 Å². The van der Waals surface area contributed by atoms with Crippen LogP contribution in [0.5, 0.6) is 0 Å². The Bertz CT molecular complexity index is 1560. The molecule has 0 radical (unpaired) electrons. The summed E-state index contributed by atoms with van der Waals surface area (Å²) in [7, 11) is 0. The van der Waals surface area contributed by atoms with E-state index in [-0.39, 0.29) is 11.8 Å². The molecule has 1 aromatic heterocycles. The smallest absolute Gasteiger partial charge is 0.225 e. The number of hydrogen-bond donors (Lipinski definition) is 2. The molecule has 2 N–H and O–H groups in total. The number of anilines is 2. The average molecular weight is 624 g/mol. The minimum Gasteiger partial charge on any atom is -0.326 e. The van der Waals surface area contributed by atoms with Gasteiger partial charge in [0.15, 0.2) is 0 Å². The fraction of sp³-hybridized carbons (Fsp3) is 0.615. The Balaban J connectivity index is 0.957. The van der Waals surface area contributed by atoms with Gasteiger partial charge in [-0.1, -0.05) is 53.7 Å². The molecule has 4 bridgehead atoms. The molecule has 2 aliphatic carbocycles. The van der Waals surface area contributed by atoms with Crippen LogP contribution in [-0.2, 0) is 9.59 Å². The molecule has 2 saturated heterocycles. The number of fused-ring (bicyclic) bond motifs is 6. The largest absolute Gasteiger partial charge is 0.326 e.